The number of allylic oxidation sites excluding steroid dienone is 1. The highest BCUT2D eigenvalue weighted by atomic mass is 28.4. The molecule has 0 aromatic rings. The molecular weight excluding hydrogens is 280 g/mol. The van der Waals surface area contributed by atoms with E-state index < -0.39 is 8.32 Å². The van der Waals surface area contributed by atoms with Crippen molar-refractivity contribution < 1.29 is 14.0 Å². The molecule has 0 aromatic heterocycles. The molecule has 1 saturated heterocycles. The lowest BCUT2D eigenvalue weighted by Gasteiger charge is -2.40. The number of fused-ring (bicyclic) bond motifs is 2. The van der Waals surface area contributed by atoms with Gasteiger partial charge in [-0.2, -0.15) is 0 Å². The van der Waals surface area contributed by atoms with Crippen molar-refractivity contribution in [3.05, 3.63) is 11.6 Å². The number of ether oxygens (including phenoxy) is 1. The molecule has 21 heavy (non-hydrogen) atoms. The summed E-state index contributed by atoms with van der Waals surface area (Å²) in [5, 5.41) is 0.180. The van der Waals surface area contributed by atoms with Gasteiger partial charge in [0.1, 0.15) is 6.10 Å². The minimum atomic E-state index is -1.84. The summed E-state index contributed by atoms with van der Waals surface area (Å²) in [7, 11) is -1.84. The van der Waals surface area contributed by atoms with E-state index >= 15 is 0 Å². The van der Waals surface area contributed by atoms with Crippen LogP contribution in [0.25, 0.3) is 0 Å². The summed E-state index contributed by atoms with van der Waals surface area (Å²) >= 11 is 0. The van der Waals surface area contributed by atoms with Crippen LogP contribution >= 0.6 is 0 Å². The van der Waals surface area contributed by atoms with Gasteiger partial charge in [-0.15, -0.1) is 0 Å². The largest absolute Gasteiger partial charge is 0.411 e. The van der Waals surface area contributed by atoms with Gasteiger partial charge in [0, 0.05) is 12.8 Å². The van der Waals surface area contributed by atoms with E-state index in [0.717, 1.165) is 19.3 Å². The van der Waals surface area contributed by atoms with E-state index in [4.69, 9.17) is 9.16 Å². The topological polar surface area (TPSA) is 35.5 Å². The van der Waals surface area contributed by atoms with Crippen LogP contribution in [-0.4, -0.2) is 32.4 Å². The second-order valence-corrected chi connectivity index (χ2v) is 12.8. The molecule has 2 aliphatic heterocycles. The lowest BCUT2D eigenvalue weighted by Crippen LogP contribution is -2.47. The highest BCUT2D eigenvalue weighted by molar-refractivity contribution is 6.74. The standard InChI is InChI=1S/C17H30O3Si/c1-12-8-7-9-14(20-21(5,6)17(2,3)4)16-11-13(18)15(10-12)19-16/h8,14-16H,7,9-11H2,1-6H3/b12-8-/t14-,15-,16-/m0/s1. The third-order valence-electron chi connectivity index (χ3n) is 5.22. The number of rotatable bonds is 2. The number of hydrogen-bond donors (Lipinski definition) is 0. The SMILES string of the molecule is C/C1=C/CC[C@H](O[Si](C)(C)C(C)(C)C)[C@@H]2CC(=O)[C@H](C1)O2. The van der Waals surface area contributed by atoms with E-state index in [0.29, 0.717) is 6.42 Å². The Balaban J connectivity index is 2.17. The highest BCUT2D eigenvalue weighted by Crippen LogP contribution is 2.39. The van der Waals surface area contributed by atoms with Gasteiger partial charge in [-0.25, -0.2) is 0 Å². The van der Waals surface area contributed by atoms with Crippen molar-refractivity contribution in [2.24, 2.45) is 0 Å². The van der Waals surface area contributed by atoms with Crippen molar-refractivity contribution in [1.82, 2.24) is 0 Å². The van der Waals surface area contributed by atoms with E-state index in [1.165, 1.54) is 5.57 Å². The fourth-order valence-corrected chi connectivity index (χ4v) is 4.17. The van der Waals surface area contributed by atoms with Crippen LogP contribution in [0.4, 0.5) is 0 Å². The number of hydrogen-bond acceptors (Lipinski definition) is 3. The van der Waals surface area contributed by atoms with Crippen LogP contribution in [-0.2, 0) is 14.0 Å². The van der Waals surface area contributed by atoms with E-state index in [2.05, 4.69) is 46.9 Å². The van der Waals surface area contributed by atoms with E-state index in [1.807, 2.05) is 0 Å². The van der Waals surface area contributed by atoms with Gasteiger partial charge in [-0.3, -0.25) is 4.79 Å². The summed E-state index contributed by atoms with van der Waals surface area (Å²) in [6.45, 7) is 13.4. The van der Waals surface area contributed by atoms with Crippen LogP contribution in [0.1, 0.15) is 53.4 Å². The molecule has 2 bridgehead atoms. The summed E-state index contributed by atoms with van der Waals surface area (Å²) in [5.41, 5.74) is 1.27. The van der Waals surface area contributed by atoms with Crippen LogP contribution in [0, 0.1) is 0 Å². The molecule has 1 fully saturated rings. The second kappa shape index (κ2) is 5.97. The minimum Gasteiger partial charge on any atom is -0.411 e. The molecule has 2 aliphatic rings. The summed E-state index contributed by atoms with van der Waals surface area (Å²) in [5.74, 6) is 0.249. The molecule has 2 rings (SSSR count). The first-order chi connectivity index (χ1) is 9.60. The first-order valence-corrected chi connectivity index (χ1v) is 11.0. The molecule has 0 saturated carbocycles. The van der Waals surface area contributed by atoms with Gasteiger partial charge < -0.3 is 9.16 Å². The second-order valence-electron chi connectivity index (χ2n) is 8.08. The van der Waals surface area contributed by atoms with E-state index in [-0.39, 0.29) is 29.1 Å². The van der Waals surface area contributed by atoms with Gasteiger partial charge in [-0.1, -0.05) is 32.4 Å². The molecule has 0 radical (unpaired) electrons. The number of carbonyl (C=O) groups is 1. The third kappa shape index (κ3) is 3.85. The van der Waals surface area contributed by atoms with Gasteiger partial charge in [0.2, 0.25) is 0 Å². The van der Waals surface area contributed by atoms with Crippen LogP contribution in [0.5, 0.6) is 0 Å². The fourth-order valence-electron chi connectivity index (χ4n) is 2.79. The quantitative estimate of drug-likeness (QED) is 0.565. The monoisotopic (exact) mass is 310 g/mol. The van der Waals surface area contributed by atoms with Crippen LogP contribution in [0.2, 0.25) is 18.1 Å². The first-order valence-electron chi connectivity index (χ1n) is 8.12. The van der Waals surface area contributed by atoms with Crippen molar-refractivity contribution in [1.29, 1.82) is 0 Å². The Bertz CT molecular complexity index is 434. The Labute approximate surface area is 130 Å². The van der Waals surface area contributed by atoms with Gasteiger partial charge in [0.05, 0.1) is 12.2 Å². The minimum absolute atomic E-state index is 0.0454. The smallest absolute Gasteiger partial charge is 0.192 e. The Hall–Kier alpha value is -0.453. The molecule has 0 aromatic carbocycles. The summed E-state index contributed by atoms with van der Waals surface area (Å²) in [6.07, 6.45) is 5.27. The molecule has 3 nitrogen and oxygen atoms in total. The molecule has 3 atom stereocenters. The average molecular weight is 311 g/mol. The van der Waals surface area contributed by atoms with Gasteiger partial charge in [0.15, 0.2) is 14.1 Å². The number of Topliss-reactive ketones (excluding diaryl/α,β-unsaturated/α-hetero) is 1. The Morgan fingerprint density at radius 2 is 1.95 bits per heavy atom. The predicted molar refractivity (Wildman–Crippen MR) is 88.0 cm³/mol. The fraction of sp³-hybridized carbons (Fsp3) is 0.824. The van der Waals surface area contributed by atoms with Crippen LogP contribution in [0.3, 0.4) is 0 Å². The molecule has 0 N–H and O–H groups in total. The van der Waals surface area contributed by atoms with Crippen molar-refractivity contribution in [3.8, 4) is 0 Å². The zero-order chi connectivity index (χ0) is 15.8. The molecule has 4 heteroatoms. The first kappa shape index (κ1) is 16.9. The maximum atomic E-state index is 12.1. The average Bonchev–Trinajstić information content (AvgIpc) is 2.69. The summed E-state index contributed by atoms with van der Waals surface area (Å²) in [4.78, 5) is 12.1. The van der Waals surface area contributed by atoms with Crippen molar-refractivity contribution >= 4 is 14.1 Å². The highest BCUT2D eigenvalue weighted by Gasteiger charge is 2.44. The molecule has 2 heterocycles. The van der Waals surface area contributed by atoms with E-state index in [9.17, 15) is 4.79 Å². The Morgan fingerprint density at radius 1 is 1.29 bits per heavy atom. The zero-order valence-electron chi connectivity index (χ0n) is 14.4. The van der Waals surface area contributed by atoms with Gasteiger partial charge >= 0.3 is 0 Å². The van der Waals surface area contributed by atoms with Gasteiger partial charge in [-0.05, 0) is 37.9 Å². The van der Waals surface area contributed by atoms with Crippen molar-refractivity contribution in [2.45, 2.75) is 89.8 Å². The van der Waals surface area contributed by atoms with Gasteiger partial charge in [0.25, 0.3) is 0 Å². The predicted octanol–water partition coefficient (Wildman–Crippen LogP) is 4.23. The summed E-state index contributed by atoms with van der Waals surface area (Å²) in [6, 6.07) is 0. The third-order valence-corrected chi connectivity index (χ3v) is 9.72. The Morgan fingerprint density at radius 3 is 2.57 bits per heavy atom. The molecular formula is C17H30O3Si. The molecule has 0 spiro atoms. The lowest BCUT2D eigenvalue weighted by molar-refractivity contribution is -0.122. The van der Waals surface area contributed by atoms with Crippen molar-refractivity contribution in [2.75, 3.05) is 0 Å². The van der Waals surface area contributed by atoms with Crippen LogP contribution in [0.15, 0.2) is 11.6 Å². The zero-order valence-corrected chi connectivity index (χ0v) is 15.4. The lowest BCUT2D eigenvalue weighted by atomic mass is 9.99. The maximum Gasteiger partial charge on any atom is 0.192 e. The number of ketones is 1. The molecule has 120 valence electrons. The molecule has 0 aliphatic carbocycles. The van der Waals surface area contributed by atoms with Crippen LogP contribution < -0.4 is 0 Å². The van der Waals surface area contributed by atoms with E-state index in [1.54, 1.807) is 0 Å². The van der Waals surface area contributed by atoms with Crippen molar-refractivity contribution in [3.63, 3.8) is 0 Å². The maximum absolute atomic E-state index is 12.1. The summed E-state index contributed by atoms with van der Waals surface area (Å²) < 4.78 is 12.6. The normalized spacial score (nSPS) is 33.9. The molecule has 0 amide bonds. The molecule has 0 unspecified atom stereocenters. The number of carbonyl (C=O) groups excluding carboxylic acids is 1. The Kier molecular flexibility index (Phi) is 4.81.